The molecule has 0 saturated carbocycles. The van der Waals surface area contributed by atoms with Crippen LogP contribution in [0.5, 0.6) is 0 Å². The minimum Gasteiger partial charge on any atom is -0.478 e. The van der Waals surface area contributed by atoms with E-state index in [4.69, 9.17) is 5.11 Å². The highest BCUT2D eigenvalue weighted by molar-refractivity contribution is 6.01. The van der Waals surface area contributed by atoms with Crippen LogP contribution in [-0.2, 0) is 9.59 Å². The van der Waals surface area contributed by atoms with Gasteiger partial charge in [-0.25, -0.2) is 13.6 Å². The molecule has 4 nitrogen and oxygen atoms in total. The lowest BCUT2D eigenvalue weighted by atomic mass is 10.1. The maximum atomic E-state index is 13.5. The molecule has 0 spiro atoms. The highest BCUT2D eigenvalue weighted by Gasteiger charge is 2.18. The van der Waals surface area contributed by atoms with Gasteiger partial charge in [0.1, 0.15) is 11.6 Å². The first-order chi connectivity index (χ1) is 9.23. The van der Waals surface area contributed by atoms with E-state index in [1.54, 1.807) is 0 Å². The van der Waals surface area contributed by atoms with Gasteiger partial charge in [0.2, 0.25) is 5.91 Å². The van der Waals surface area contributed by atoms with Crippen LogP contribution >= 0.6 is 0 Å². The van der Waals surface area contributed by atoms with Crippen molar-refractivity contribution in [3.8, 4) is 0 Å². The van der Waals surface area contributed by atoms with Gasteiger partial charge in [0.15, 0.2) is 0 Å². The molecule has 2 N–H and O–H groups in total. The second kappa shape index (κ2) is 6.27. The third kappa shape index (κ3) is 3.63. The first-order valence-electron chi connectivity index (χ1n) is 5.90. The van der Waals surface area contributed by atoms with Crippen molar-refractivity contribution in [1.29, 1.82) is 0 Å². The molecule has 1 rings (SSSR count). The van der Waals surface area contributed by atoms with E-state index in [0.717, 1.165) is 18.2 Å². The van der Waals surface area contributed by atoms with Crippen molar-refractivity contribution in [3.05, 3.63) is 46.5 Å². The Balaban J connectivity index is 2.94. The molecule has 0 aliphatic heterocycles. The summed E-state index contributed by atoms with van der Waals surface area (Å²) in [6, 6.07) is 2.16. The largest absolute Gasteiger partial charge is 0.478 e. The molecule has 0 aliphatic rings. The molecule has 1 unspecified atom stereocenters. The number of carboxylic acids is 1. The summed E-state index contributed by atoms with van der Waals surface area (Å²) in [6.45, 7) is 4.14. The Bertz CT molecular complexity index is 582. The number of hydrogen-bond donors (Lipinski definition) is 2. The summed E-state index contributed by atoms with van der Waals surface area (Å²) in [5.74, 6) is -3.10. The van der Waals surface area contributed by atoms with E-state index in [1.807, 2.05) is 0 Å². The molecule has 0 aromatic heterocycles. The molecule has 108 valence electrons. The molecule has 0 radical (unpaired) electrons. The summed E-state index contributed by atoms with van der Waals surface area (Å²) in [7, 11) is 0. The molecule has 1 atom stereocenters. The predicted octanol–water partition coefficient (Wildman–Crippen LogP) is 2.56. The SMILES string of the molecule is CC(C(=O)O)=C(C)C(=O)NC(C)c1cc(F)ccc1F. The minimum atomic E-state index is -1.21. The number of carbonyl (C=O) groups excluding carboxylic acids is 1. The number of rotatable bonds is 4. The van der Waals surface area contributed by atoms with Crippen LogP contribution in [0.4, 0.5) is 8.78 Å². The number of carbonyl (C=O) groups is 2. The number of benzene rings is 1. The molecule has 1 aromatic rings. The average Bonchev–Trinajstić information content (AvgIpc) is 2.39. The Morgan fingerprint density at radius 1 is 1.20 bits per heavy atom. The zero-order valence-electron chi connectivity index (χ0n) is 11.3. The van der Waals surface area contributed by atoms with Crippen LogP contribution in [0, 0.1) is 11.6 Å². The summed E-state index contributed by atoms with van der Waals surface area (Å²) >= 11 is 0. The van der Waals surface area contributed by atoms with E-state index in [-0.39, 0.29) is 16.7 Å². The highest BCUT2D eigenvalue weighted by Crippen LogP contribution is 2.18. The van der Waals surface area contributed by atoms with E-state index in [0.29, 0.717) is 0 Å². The molecule has 0 fully saturated rings. The van der Waals surface area contributed by atoms with Gasteiger partial charge in [-0.3, -0.25) is 4.79 Å². The molecule has 1 aromatic carbocycles. The molecule has 1 amide bonds. The Kier molecular flexibility index (Phi) is 4.96. The van der Waals surface area contributed by atoms with Gasteiger partial charge in [0.05, 0.1) is 6.04 Å². The van der Waals surface area contributed by atoms with Crippen LogP contribution < -0.4 is 5.32 Å². The Morgan fingerprint density at radius 3 is 2.35 bits per heavy atom. The Labute approximate surface area is 115 Å². The Hall–Kier alpha value is -2.24. The van der Waals surface area contributed by atoms with Gasteiger partial charge in [-0.05, 0) is 39.0 Å². The van der Waals surface area contributed by atoms with Gasteiger partial charge in [-0.1, -0.05) is 0 Å². The van der Waals surface area contributed by atoms with E-state index < -0.39 is 29.6 Å². The molecule has 0 bridgehead atoms. The van der Waals surface area contributed by atoms with Crippen molar-refractivity contribution in [2.75, 3.05) is 0 Å². The van der Waals surface area contributed by atoms with Crippen molar-refractivity contribution in [1.82, 2.24) is 5.32 Å². The topological polar surface area (TPSA) is 66.4 Å². The van der Waals surface area contributed by atoms with Crippen LogP contribution in [-0.4, -0.2) is 17.0 Å². The first-order valence-corrected chi connectivity index (χ1v) is 5.90. The number of amides is 1. The highest BCUT2D eigenvalue weighted by atomic mass is 19.1. The molecule has 0 saturated heterocycles. The number of halogens is 2. The van der Waals surface area contributed by atoms with Gasteiger partial charge in [0, 0.05) is 16.7 Å². The molecule has 0 aliphatic carbocycles. The third-order valence-electron chi connectivity index (χ3n) is 3.00. The van der Waals surface area contributed by atoms with Crippen LogP contribution in [0.15, 0.2) is 29.3 Å². The maximum Gasteiger partial charge on any atom is 0.331 e. The number of nitrogens with one attached hydrogen (secondary N) is 1. The fourth-order valence-electron chi connectivity index (χ4n) is 1.56. The first kappa shape index (κ1) is 15.8. The summed E-state index contributed by atoms with van der Waals surface area (Å²) in [5, 5.41) is 11.2. The lowest BCUT2D eigenvalue weighted by Crippen LogP contribution is -2.29. The van der Waals surface area contributed by atoms with Crippen LogP contribution in [0.2, 0.25) is 0 Å². The Morgan fingerprint density at radius 2 is 1.80 bits per heavy atom. The number of aliphatic carboxylic acids is 1. The van der Waals surface area contributed by atoms with Gasteiger partial charge >= 0.3 is 5.97 Å². The summed E-state index contributed by atoms with van der Waals surface area (Å²) < 4.78 is 26.6. The quantitative estimate of drug-likeness (QED) is 0.835. The summed E-state index contributed by atoms with van der Waals surface area (Å²) in [4.78, 5) is 22.6. The van der Waals surface area contributed by atoms with Crippen LogP contribution in [0.3, 0.4) is 0 Å². The molecule has 0 heterocycles. The van der Waals surface area contributed by atoms with Gasteiger partial charge in [-0.2, -0.15) is 0 Å². The molecular formula is C14H15F2NO3. The molecule has 6 heteroatoms. The van der Waals surface area contributed by atoms with E-state index in [1.165, 1.54) is 20.8 Å². The summed E-state index contributed by atoms with van der Waals surface area (Å²) in [6.07, 6.45) is 0. The standard InChI is InChI=1S/C14H15F2NO3/c1-7(8(2)14(19)20)13(18)17-9(3)11-6-10(15)4-5-12(11)16/h4-6,9H,1-3H3,(H,17,18)(H,19,20). The second-order valence-electron chi connectivity index (χ2n) is 4.42. The van der Waals surface area contributed by atoms with Gasteiger partial charge < -0.3 is 10.4 Å². The minimum absolute atomic E-state index is 0.000807. The fraction of sp³-hybridized carbons (Fsp3) is 0.286. The number of hydrogen-bond acceptors (Lipinski definition) is 2. The maximum absolute atomic E-state index is 13.5. The van der Waals surface area contributed by atoms with Crippen molar-refractivity contribution < 1.29 is 23.5 Å². The normalized spacial score (nSPS) is 13.4. The molecule has 20 heavy (non-hydrogen) atoms. The van der Waals surface area contributed by atoms with E-state index in [9.17, 15) is 18.4 Å². The van der Waals surface area contributed by atoms with Crippen molar-refractivity contribution in [3.63, 3.8) is 0 Å². The zero-order valence-corrected chi connectivity index (χ0v) is 11.3. The number of carboxylic acid groups (broad SMARTS) is 1. The lowest BCUT2D eigenvalue weighted by Gasteiger charge is -2.16. The summed E-state index contributed by atoms with van der Waals surface area (Å²) in [5.41, 5.74) is -0.0882. The third-order valence-corrected chi connectivity index (χ3v) is 3.00. The van der Waals surface area contributed by atoms with E-state index in [2.05, 4.69) is 5.32 Å². The second-order valence-corrected chi connectivity index (χ2v) is 4.42. The fourth-order valence-corrected chi connectivity index (χ4v) is 1.56. The smallest absolute Gasteiger partial charge is 0.331 e. The lowest BCUT2D eigenvalue weighted by molar-refractivity contribution is -0.133. The van der Waals surface area contributed by atoms with Crippen molar-refractivity contribution in [2.24, 2.45) is 0 Å². The van der Waals surface area contributed by atoms with Gasteiger partial charge in [-0.15, -0.1) is 0 Å². The van der Waals surface area contributed by atoms with Gasteiger partial charge in [0.25, 0.3) is 0 Å². The zero-order chi connectivity index (χ0) is 15.4. The van der Waals surface area contributed by atoms with Crippen LogP contribution in [0.25, 0.3) is 0 Å². The van der Waals surface area contributed by atoms with Crippen molar-refractivity contribution >= 4 is 11.9 Å². The molecular weight excluding hydrogens is 268 g/mol. The predicted molar refractivity (Wildman–Crippen MR) is 68.9 cm³/mol. The average molecular weight is 283 g/mol. The van der Waals surface area contributed by atoms with E-state index >= 15 is 0 Å². The van der Waals surface area contributed by atoms with Crippen molar-refractivity contribution in [2.45, 2.75) is 26.8 Å². The monoisotopic (exact) mass is 283 g/mol. The van der Waals surface area contributed by atoms with Crippen LogP contribution in [0.1, 0.15) is 32.4 Å².